The highest BCUT2D eigenvalue weighted by atomic mass is 19.4. The summed E-state index contributed by atoms with van der Waals surface area (Å²) in [4.78, 5) is 13.7. The Bertz CT molecular complexity index is 1420. The highest BCUT2D eigenvalue weighted by molar-refractivity contribution is 5.85. The van der Waals surface area contributed by atoms with Gasteiger partial charge in [0.2, 0.25) is 5.91 Å². The van der Waals surface area contributed by atoms with Gasteiger partial charge in [0.15, 0.2) is 0 Å². The van der Waals surface area contributed by atoms with Crippen molar-refractivity contribution in [3.8, 4) is 0 Å². The molecule has 240 valence electrons. The summed E-state index contributed by atoms with van der Waals surface area (Å²) in [6, 6.07) is 6.68. The van der Waals surface area contributed by atoms with Crippen molar-refractivity contribution in [2.75, 3.05) is 0 Å². The Hall–Kier alpha value is -3.72. The third kappa shape index (κ3) is 7.15. The summed E-state index contributed by atoms with van der Waals surface area (Å²) < 4.78 is 154. The van der Waals surface area contributed by atoms with Crippen LogP contribution in [-0.4, -0.2) is 41.1 Å². The highest BCUT2D eigenvalue weighted by Gasteiger charge is 2.75. The number of hydrogen-bond donors (Lipinski definition) is 3. The number of carbonyl (C=O) groups excluding carboxylic acids is 1. The van der Waals surface area contributed by atoms with E-state index in [-0.39, 0.29) is 17.2 Å². The van der Waals surface area contributed by atoms with Gasteiger partial charge in [-0.1, -0.05) is 56.3 Å². The van der Waals surface area contributed by atoms with Crippen LogP contribution >= 0.6 is 0 Å². The molecular formula is C29H25F11N2O2. The first-order valence-electron chi connectivity index (χ1n) is 12.7. The average molecular weight is 643 g/mol. The normalized spacial score (nSPS) is 15.2. The van der Waals surface area contributed by atoms with E-state index in [1.165, 1.54) is 30.3 Å². The van der Waals surface area contributed by atoms with Gasteiger partial charge >= 0.3 is 18.5 Å². The van der Waals surface area contributed by atoms with Crippen molar-refractivity contribution in [1.29, 1.82) is 0 Å². The van der Waals surface area contributed by atoms with E-state index in [9.17, 15) is 58.2 Å². The summed E-state index contributed by atoms with van der Waals surface area (Å²) in [5.41, 5.74) is -10.8. The van der Waals surface area contributed by atoms with Crippen LogP contribution in [0.15, 0.2) is 72.8 Å². The zero-order valence-corrected chi connectivity index (χ0v) is 22.8. The standard InChI is InChI=1S/C29H25F11N2O2/c1-16(2)41-23(26(44,28(35,36)37)29(38,39)40)24(43)42-25(15-17-6-4-3-5-7-17,18-8-10-21(30)11-9-18)19-12-20(27(32,33)34)14-22(31)13-19/h3-14,16,23,41,44H,15H2,1-2H3,(H,42,43)/t23?,25-/m1/s1. The average Bonchev–Trinajstić information content (AvgIpc) is 2.89. The van der Waals surface area contributed by atoms with Gasteiger partial charge in [-0.3, -0.25) is 4.79 Å². The number of benzene rings is 3. The lowest BCUT2D eigenvalue weighted by atomic mass is 9.76. The van der Waals surface area contributed by atoms with E-state index in [1.54, 1.807) is 5.32 Å². The first kappa shape index (κ1) is 34.8. The molecule has 3 N–H and O–H groups in total. The molecule has 15 heteroatoms. The van der Waals surface area contributed by atoms with Crippen LogP contribution in [-0.2, 0) is 22.9 Å². The molecular weight excluding hydrogens is 617 g/mol. The molecule has 0 heterocycles. The Morgan fingerprint density at radius 1 is 0.727 bits per heavy atom. The molecule has 2 atom stereocenters. The van der Waals surface area contributed by atoms with Crippen molar-refractivity contribution in [2.24, 2.45) is 0 Å². The second kappa shape index (κ2) is 12.3. The van der Waals surface area contributed by atoms with Crippen LogP contribution in [0.3, 0.4) is 0 Å². The largest absolute Gasteiger partial charge is 0.428 e. The quantitative estimate of drug-likeness (QED) is 0.225. The molecule has 0 radical (unpaired) electrons. The maximum Gasteiger partial charge on any atom is 0.428 e. The third-order valence-corrected chi connectivity index (χ3v) is 6.75. The molecule has 0 aromatic heterocycles. The summed E-state index contributed by atoms with van der Waals surface area (Å²) in [5, 5.41) is 13.9. The highest BCUT2D eigenvalue weighted by Crippen LogP contribution is 2.46. The van der Waals surface area contributed by atoms with Crippen molar-refractivity contribution in [3.05, 3.63) is 107 Å². The molecule has 0 saturated carbocycles. The first-order chi connectivity index (χ1) is 20.1. The Kier molecular flexibility index (Phi) is 9.76. The fraction of sp³-hybridized carbons (Fsp3) is 0.345. The topological polar surface area (TPSA) is 61.4 Å². The first-order valence-corrected chi connectivity index (χ1v) is 12.7. The zero-order valence-electron chi connectivity index (χ0n) is 22.8. The van der Waals surface area contributed by atoms with Crippen LogP contribution in [0.1, 0.15) is 36.1 Å². The monoisotopic (exact) mass is 642 g/mol. The van der Waals surface area contributed by atoms with Crippen LogP contribution in [0.5, 0.6) is 0 Å². The molecule has 0 aliphatic heterocycles. The van der Waals surface area contributed by atoms with E-state index in [1.807, 2.05) is 5.32 Å². The number of nitrogens with one attached hydrogen (secondary N) is 2. The minimum absolute atomic E-state index is 0.0957. The fourth-order valence-electron chi connectivity index (χ4n) is 4.69. The predicted molar refractivity (Wildman–Crippen MR) is 136 cm³/mol. The number of alkyl halides is 9. The van der Waals surface area contributed by atoms with Crippen molar-refractivity contribution in [3.63, 3.8) is 0 Å². The van der Waals surface area contributed by atoms with E-state index in [4.69, 9.17) is 0 Å². The fourth-order valence-corrected chi connectivity index (χ4v) is 4.69. The lowest BCUT2D eigenvalue weighted by Crippen LogP contribution is -2.73. The van der Waals surface area contributed by atoms with Crippen LogP contribution in [0.25, 0.3) is 0 Å². The maximum absolute atomic E-state index is 14.8. The van der Waals surface area contributed by atoms with Crippen LogP contribution in [0, 0.1) is 11.6 Å². The molecule has 4 nitrogen and oxygen atoms in total. The molecule has 0 saturated heterocycles. The number of rotatable bonds is 9. The number of hydrogen-bond acceptors (Lipinski definition) is 3. The summed E-state index contributed by atoms with van der Waals surface area (Å²) in [5.74, 6) is -4.57. The molecule has 0 aliphatic carbocycles. The smallest absolute Gasteiger partial charge is 0.372 e. The van der Waals surface area contributed by atoms with Gasteiger partial charge in [-0.2, -0.15) is 39.5 Å². The van der Waals surface area contributed by atoms with Gasteiger partial charge in [0.25, 0.3) is 5.60 Å². The minimum Gasteiger partial charge on any atom is -0.372 e. The van der Waals surface area contributed by atoms with Crippen LogP contribution in [0.2, 0.25) is 0 Å². The van der Waals surface area contributed by atoms with E-state index < -0.39 is 76.8 Å². The molecule has 3 rings (SSSR count). The van der Waals surface area contributed by atoms with Gasteiger partial charge in [0.1, 0.15) is 17.7 Å². The molecule has 1 amide bonds. The summed E-state index contributed by atoms with van der Waals surface area (Å²) >= 11 is 0. The minimum atomic E-state index is -6.49. The van der Waals surface area contributed by atoms with Gasteiger partial charge in [-0.25, -0.2) is 8.78 Å². The lowest BCUT2D eigenvalue weighted by Gasteiger charge is -2.42. The van der Waals surface area contributed by atoms with Gasteiger partial charge < -0.3 is 15.7 Å². The van der Waals surface area contributed by atoms with Gasteiger partial charge in [0.05, 0.1) is 11.1 Å². The molecule has 44 heavy (non-hydrogen) atoms. The Morgan fingerprint density at radius 3 is 1.73 bits per heavy atom. The summed E-state index contributed by atoms with van der Waals surface area (Å²) in [6.07, 6.45) is -18.8. The maximum atomic E-state index is 14.8. The molecule has 0 aliphatic rings. The molecule has 3 aromatic carbocycles. The van der Waals surface area contributed by atoms with Gasteiger partial charge in [0, 0.05) is 12.5 Å². The summed E-state index contributed by atoms with van der Waals surface area (Å²) in [6.45, 7) is 2.15. The second-order valence-electron chi connectivity index (χ2n) is 10.3. The number of carbonyl (C=O) groups is 1. The molecule has 0 spiro atoms. The zero-order chi connectivity index (χ0) is 33.3. The lowest BCUT2D eigenvalue weighted by molar-refractivity contribution is -0.373. The molecule has 1 unspecified atom stereocenters. The van der Waals surface area contributed by atoms with Crippen molar-refractivity contribution in [1.82, 2.24) is 10.6 Å². The Balaban J connectivity index is 2.41. The Morgan fingerprint density at radius 2 is 1.25 bits per heavy atom. The van der Waals surface area contributed by atoms with Crippen LogP contribution < -0.4 is 10.6 Å². The number of halogens is 11. The molecule has 3 aromatic rings. The van der Waals surface area contributed by atoms with E-state index in [0.29, 0.717) is 12.1 Å². The van der Waals surface area contributed by atoms with Gasteiger partial charge in [-0.05, 0) is 47.0 Å². The Labute approximate surface area is 243 Å². The molecule has 0 bridgehead atoms. The summed E-state index contributed by atoms with van der Waals surface area (Å²) in [7, 11) is 0. The van der Waals surface area contributed by atoms with Crippen molar-refractivity contribution < 1.29 is 58.2 Å². The second-order valence-corrected chi connectivity index (χ2v) is 10.3. The van der Waals surface area contributed by atoms with Crippen LogP contribution in [0.4, 0.5) is 48.3 Å². The van der Waals surface area contributed by atoms with E-state index >= 15 is 0 Å². The van der Waals surface area contributed by atoms with E-state index in [2.05, 4.69) is 0 Å². The van der Waals surface area contributed by atoms with Gasteiger partial charge in [-0.15, -0.1) is 0 Å². The predicted octanol–water partition coefficient (Wildman–Crippen LogP) is 6.81. The number of aliphatic hydroxyl groups is 1. The van der Waals surface area contributed by atoms with Crippen molar-refractivity contribution >= 4 is 5.91 Å². The molecule has 0 fully saturated rings. The van der Waals surface area contributed by atoms with E-state index in [0.717, 1.165) is 38.1 Å². The van der Waals surface area contributed by atoms with Crippen molar-refractivity contribution in [2.45, 2.75) is 62.0 Å². The SMILES string of the molecule is CC(C)NC(C(=O)N[C@](Cc1ccccc1)(c1ccc(F)cc1)c1cc(F)cc(C(F)(F)F)c1)C(O)(C(F)(F)F)C(F)(F)F. The number of amides is 1. The third-order valence-electron chi connectivity index (χ3n) is 6.75.